The number of hydrogen-bond donors (Lipinski definition) is 2. The highest BCUT2D eigenvalue weighted by Gasteiger charge is 2.15. The van der Waals surface area contributed by atoms with Crippen LogP contribution in [0.2, 0.25) is 0 Å². The van der Waals surface area contributed by atoms with E-state index in [0.29, 0.717) is 0 Å². The lowest BCUT2D eigenvalue weighted by Crippen LogP contribution is -2.36. The van der Waals surface area contributed by atoms with Crippen molar-refractivity contribution in [2.24, 2.45) is 5.73 Å². The molecule has 3 nitrogen and oxygen atoms in total. The molecule has 0 saturated carbocycles. The molecule has 0 aromatic heterocycles. The molecule has 1 rings (SSSR count). The van der Waals surface area contributed by atoms with Crippen molar-refractivity contribution in [3.63, 3.8) is 0 Å². The van der Waals surface area contributed by atoms with Gasteiger partial charge in [-0.15, -0.1) is 0 Å². The van der Waals surface area contributed by atoms with Crippen LogP contribution < -0.4 is 5.73 Å². The Kier molecular flexibility index (Phi) is 5.35. The normalized spacial score (nSPS) is 20.8. The van der Waals surface area contributed by atoms with Gasteiger partial charge in [-0.25, -0.2) is 0 Å². The number of hydrogen-bond acceptors (Lipinski definition) is 3. The summed E-state index contributed by atoms with van der Waals surface area (Å²) in [6.07, 6.45) is 5.52. The molecule has 0 bridgehead atoms. The number of aliphatic hydroxyl groups is 1. The predicted molar refractivity (Wildman–Crippen MR) is 54.6 cm³/mol. The minimum Gasteiger partial charge on any atom is -0.393 e. The first-order valence-electron chi connectivity index (χ1n) is 5.43. The van der Waals surface area contributed by atoms with E-state index in [-0.39, 0.29) is 6.10 Å². The molecule has 0 aromatic carbocycles. The molecule has 3 heteroatoms. The van der Waals surface area contributed by atoms with Crippen LogP contribution in [0.5, 0.6) is 0 Å². The summed E-state index contributed by atoms with van der Waals surface area (Å²) in [6.45, 7) is 4.15. The van der Waals surface area contributed by atoms with E-state index >= 15 is 0 Å². The monoisotopic (exact) mass is 186 g/mol. The van der Waals surface area contributed by atoms with Crippen molar-refractivity contribution in [3.8, 4) is 0 Å². The zero-order chi connectivity index (χ0) is 9.52. The lowest BCUT2D eigenvalue weighted by Gasteiger charge is -2.29. The van der Waals surface area contributed by atoms with Gasteiger partial charge in [-0.3, -0.25) is 0 Å². The Morgan fingerprint density at radius 2 is 1.85 bits per heavy atom. The number of piperidine rings is 1. The summed E-state index contributed by atoms with van der Waals surface area (Å²) in [4.78, 5) is 2.45. The maximum atomic E-state index is 9.29. The van der Waals surface area contributed by atoms with Crippen LogP contribution in [0.4, 0.5) is 0 Å². The summed E-state index contributed by atoms with van der Waals surface area (Å²) in [5.74, 6) is 0. The molecule has 1 heterocycles. The summed E-state index contributed by atoms with van der Waals surface area (Å²) in [6, 6.07) is 0. The molecular weight excluding hydrogens is 164 g/mol. The Balaban J connectivity index is 1.96. The number of aliphatic hydroxyl groups excluding tert-OH is 1. The van der Waals surface area contributed by atoms with Crippen LogP contribution in [0.25, 0.3) is 0 Å². The molecule has 1 saturated heterocycles. The Bertz CT molecular complexity index is 122. The van der Waals surface area contributed by atoms with Crippen molar-refractivity contribution in [2.75, 3.05) is 26.2 Å². The van der Waals surface area contributed by atoms with Crippen LogP contribution in [-0.2, 0) is 0 Å². The molecule has 1 fully saturated rings. The van der Waals surface area contributed by atoms with Crippen LogP contribution in [0, 0.1) is 0 Å². The number of nitrogens with two attached hydrogens (primary N) is 1. The van der Waals surface area contributed by atoms with E-state index in [1.54, 1.807) is 0 Å². The van der Waals surface area contributed by atoms with Gasteiger partial charge in [-0.05, 0) is 38.8 Å². The second-order valence-corrected chi connectivity index (χ2v) is 3.92. The van der Waals surface area contributed by atoms with Gasteiger partial charge < -0.3 is 15.7 Å². The van der Waals surface area contributed by atoms with Gasteiger partial charge in [0.25, 0.3) is 0 Å². The zero-order valence-corrected chi connectivity index (χ0v) is 8.41. The van der Waals surface area contributed by atoms with Crippen molar-refractivity contribution in [2.45, 2.75) is 38.2 Å². The third-order valence-corrected chi connectivity index (χ3v) is 2.74. The maximum absolute atomic E-state index is 9.29. The summed E-state index contributed by atoms with van der Waals surface area (Å²) in [5, 5.41) is 9.29. The number of unbranched alkanes of at least 4 members (excludes halogenated alkanes) is 2. The fourth-order valence-corrected chi connectivity index (χ4v) is 1.80. The van der Waals surface area contributed by atoms with E-state index in [9.17, 15) is 5.11 Å². The first-order chi connectivity index (χ1) is 6.33. The van der Waals surface area contributed by atoms with Crippen molar-refractivity contribution < 1.29 is 5.11 Å². The minimum absolute atomic E-state index is 0.0414. The Labute approximate surface area is 80.9 Å². The van der Waals surface area contributed by atoms with Crippen LogP contribution in [0.1, 0.15) is 32.1 Å². The van der Waals surface area contributed by atoms with Gasteiger partial charge in [0.2, 0.25) is 0 Å². The van der Waals surface area contributed by atoms with Gasteiger partial charge in [0.15, 0.2) is 0 Å². The lowest BCUT2D eigenvalue weighted by atomic mass is 10.1. The van der Waals surface area contributed by atoms with Gasteiger partial charge >= 0.3 is 0 Å². The molecule has 0 aromatic rings. The van der Waals surface area contributed by atoms with Gasteiger partial charge in [0, 0.05) is 13.1 Å². The van der Waals surface area contributed by atoms with E-state index < -0.39 is 0 Å². The summed E-state index contributed by atoms with van der Waals surface area (Å²) in [5.41, 5.74) is 5.42. The van der Waals surface area contributed by atoms with E-state index in [1.165, 1.54) is 19.4 Å². The highest BCUT2D eigenvalue weighted by atomic mass is 16.3. The van der Waals surface area contributed by atoms with E-state index in [0.717, 1.165) is 38.9 Å². The highest BCUT2D eigenvalue weighted by molar-refractivity contribution is 4.70. The SMILES string of the molecule is NCCCCCN1CCC(O)CC1. The smallest absolute Gasteiger partial charge is 0.0564 e. The summed E-state index contributed by atoms with van der Waals surface area (Å²) in [7, 11) is 0. The van der Waals surface area contributed by atoms with Crippen molar-refractivity contribution in [3.05, 3.63) is 0 Å². The fraction of sp³-hybridized carbons (Fsp3) is 1.00. The first-order valence-corrected chi connectivity index (χ1v) is 5.43. The summed E-state index contributed by atoms with van der Waals surface area (Å²) >= 11 is 0. The number of likely N-dealkylation sites (tertiary alicyclic amines) is 1. The third-order valence-electron chi connectivity index (χ3n) is 2.74. The predicted octanol–water partition coefficient (Wildman–Crippen LogP) is 0.572. The fourth-order valence-electron chi connectivity index (χ4n) is 1.80. The van der Waals surface area contributed by atoms with Crippen LogP contribution in [0.3, 0.4) is 0 Å². The largest absolute Gasteiger partial charge is 0.393 e. The van der Waals surface area contributed by atoms with Crippen molar-refractivity contribution >= 4 is 0 Å². The molecule has 13 heavy (non-hydrogen) atoms. The molecule has 0 unspecified atom stereocenters. The van der Waals surface area contributed by atoms with Gasteiger partial charge in [-0.2, -0.15) is 0 Å². The van der Waals surface area contributed by atoms with Crippen molar-refractivity contribution in [1.29, 1.82) is 0 Å². The molecule has 78 valence electrons. The van der Waals surface area contributed by atoms with E-state index in [4.69, 9.17) is 5.73 Å². The molecule has 1 aliphatic rings. The minimum atomic E-state index is -0.0414. The Hall–Kier alpha value is -0.120. The summed E-state index contributed by atoms with van der Waals surface area (Å²) < 4.78 is 0. The highest BCUT2D eigenvalue weighted by Crippen LogP contribution is 2.10. The molecule has 1 aliphatic heterocycles. The average Bonchev–Trinajstić information content (AvgIpc) is 2.15. The van der Waals surface area contributed by atoms with Crippen LogP contribution in [-0.4, -0.2) is 42.3 Å². The molecule has 0 radical (unpaired) electrons. The molecular formula is C10H22N2O. The number of rotatable bonds is 5. The van der Waals surface area contributed by atoms with Crippen molar-refractivity contribution in [1.82, 2.24) is 4.90 Å². The van der Waals surface area contributed by atoms with E-state index in [2.05, 4.69) is 4.90 Å². The lowest BCUT2D eigenvalue weighted by molar-refractivity contribution is 0.0818. The topological polar surface area (TPSA) is 49.5 Å². The average molecular weight is 186 g/mol. The van der Waals surface area contributed by atoms with Crippen LogP contribution >= 0.6 is 0 Å². The molecule has 0 atom stereocenters. The second-order valence-electron chi connectivity index (χ2n) is 3.92. The maximum Gasteiger partial charge on any atom is 0.0564 e. The molecule has 0 aliphatic carbocycles. The standard InChI is InChI=1S/C10H22N2O/c11-6-2-1-3-7-12-8-4-10(13)5-9-12/h10,13H,1-9,11H2. The molecule has 0 spiro atoms. The number of nitrogens with zero attached hydrogens (tertiary/aromatic N) is 1. The molecule has 3 N–H and O–H groups in total. The Morgan fingerprint density at radius 1 is 1.15 bits per heavy atom. The quantitative estimate of drug-likeness (QED) is 0.617. The molecule has 0 amide bonds. The van der Waals surface area contributed by atoms with Crippen LogP contribution in [0.15, 0.2) is 0 Å². The van der Waals surface area contributed by atoms with Gasteiger partial charge in [-0.1, -0.05) is 6.42 Å². The Morgan fingerprint density at radius 3 is 2.46 bits per heavy atom. The second kappa shape index (κ2) is 6.35. The zero-order valence-electron chi connectivity index (χ0n) is 8.41. The third kappa shape index (κ3) is 4.60. The van der Waals surface area contributed by atoms with E-state index in [1.807, 2.05) is 0 Å². The first kappa shape index (κ1) is 11.0. The van der Waals surface area contributed by atoms with Gasteiger partial charge in [0.1, 0.15) is 0 Å². The van der Waals surface area contributed by atoms with Gasteiger partial charge in [0.05, 0.1) is 6.10 Å².